The molecule has 2 unspecified atom stereocenters. The third-order valence-corrected chi connectivity index (χ3v) is 8.69. The van der Waals surface area contributed by atoms with Crippen molar-refractivity contribution in [3.8, 4) is 11.5 Å². The van der Waals surface area contributed by atoms with E-state index in [2.05, 4.69) is 60.8 Å². The smallest absolute Gasteiger partial charge is 0.264 e. The van der Waals surface area contributed by atoms with E-state index in [1.807, 2.05) is 94.4 Å². The molecule has 0 bridgehead atoms. The van der Waals surface area contributed by atoms with Gasteiger partial charge in [0.1, 0.15) is 37.5 Å². The number of carbonyl (C=O) groups is 1. The fraction of sp³-hybridized carbons (Fsp3) is 0.500. The van der Waals surface area contributed by atoms with E-state index in [1.165, 1.54) is 19.2 Å². The monoisotopic (exact) mass is 828 g/mol. The molecule has 0 aromatic heterocycles. The molecule has 1 aliphatic heterocycles. The Hall–Kier alpha value is -4.07. The first-order chi connectivity index (χ1) is 26.8. The summed E-state index contributed by atoms with van der Waals surface area (Å²) in [7, 11) is -3.28. The summed E-state index contributed by atoms with van der Waals surface area (Å²) in [6, 6.07) is 25.6. The van der Waals surface area contributed by atoms with E-state index in [9.17, 15) is 27.8 Å². The van der Waals surface area contributed by atoms with Gasteiger partial charge in [0, 0.05) is 24.2 Å². The van der Waals surface area contributed by atoms with Crippen LogP contribution in [-0.4, -0.2) is 97.6 Å². The van der Waals surface area contributed by atoms with Crippen LogP contribution in [0, 0.1) is 0 Å². The molecule has 0 saturated carbocycles. The maximum atomic E-state index is 12.5. The van der Waals surface area contributed by atoms with E-state index in [1.54, 1.807) is 20.8 Å². The summed E-state index contributed by atoms with van der Waals surface area (Å²) in [4.78, 5) is 13.0. The number of hydrogen-bond donors (Lipinski definition) is 3. The minimum absolute atomic E-state index is 0.0875. The van der Waals surface area contributed by atoms with Crippen molar-refractivity contribution >= 4 is 27.2 Å². The van der Waals surface area contributed by atoms with Gasteiger partial charge in [-0.15, -0.1) is 0 Å². The van der Waals surface area contributed by atoms with Gasteiger partial charge in [-0.3, -0.25) is 13.9 Å². The van der Waals surface area contributed by atoms with E-state index in [0.717, 1.165) is 34.1 Å². The maximum absolute atomic E-state index is 12.5. The third-order valence-electron chi connectivity index (χ3n) is 7.88. The Labute approximate surface area is 348 Å². The molecular weight excluding hydrogens is 760 g/mol. The highest BCUT2D eigenvalue weighted by atomic mass is 32.2. The Morgan fingerprint density at radius 2 is 1.26 bits per heavy atom. The lowest BCUT2D eigenvalue weighted by atomic mass is 9.90. The molecule has 10 nitrogen and oxygen atoms in total. The van der Waals surface area contributed by atoms with Crippen LogP contribution in [0.25, 0.3) is 11.1 Å². The van der Waals surface area contributed by atoms with Crippen molar-refractivity contribution in [2.24, 2.45) is 0 Å². The molecule has 1 fully saturated rings. The van der Waals surface area contributed by atoms with E-state index in [0.29, 0.717) is 23.5 Å². The first-order valence-electron chi connectivity index (χ1n) is 19.5. The molecule has 58 heavy (non-hydrogen) atoms. The highest BCUT2D eigenvalue weighted by Gasteiger charge is 2.29. The second-order valence-electron chi connectivity index (χ2n) is 16.9. The van der Waals surface area contributed by atoms with Crippen molar-refractivity contribution < 1.29 is 41.5 Å². The highest BCUT2D eigenvalue weighted by molar-refractivity contribution is 7.86. The first-order valence-corrected chi connectivity index (χ1v) is 21.3. The van der Waals surface area contributed by atoms with E-state index in [-0.39, 0.29) is 24.7 Å². The molecule has 3 aromatic rings. The van der Waals surface area contributed by atoms with E-state index in [4.69, 9.17) is 9.47 Å². The van der Waals surface area contributed by atoms with Crippen LogP contribution < -0.4 is 14.8 Å². The first kappa shape index (κ1) is 51.9. The van der Waals surface area contributed by atoms with Crippen LogP contribution >= 0.6 is 0 Å². The summed E-state index contributed by atoms with van der Waals surface area (Å²) in [5.74, 6) is 1.15. The second-order valence-corrected chi connectivity index (χ2v) is 18.5. The number of rotatable bonds is 13. The molecule has 1 aliphatic rings. The highest BCUT2D eigenvalue weighted by Crippen LogP contribution is 2.34. The number of aliphatic hydroxyl groups is 2. The fourth-order valence-corrected chi connectivity index (χ4v) is 5.92. The quantitative estimate of drug-likeness (QED) is 0.0672. The van der Waals surface area contributed by atoms with Crippen LogP contribution in [0.15, 0.2) is 91.5 Å². The average molecular weight is 829 g/mol. The number of alkyl halides is 1. The van der Waals surface area contributed by atoms with Gasteiger partial charge < -0.3 is 25.0 Å². The van der Waals surface area contributed by atoms with Crippen molar-refractivity contribution in [3.63, 3.8) is 0 Å². The number of halogens is 1. The van der Waals surface area contributed by atoms with Gasteiger partial charge in [-0.25, -0.2) is 4.39 Å². The lowest BCUT2D eigenvalue weighted by Gasteiger charge is -2.18. The van der Waals surface area contributed by atoms with Crippen molar-refractivity contribution in [2.75, 3.05) is 39.2 Å². The SMILES string of the molecule is C=CC(=O)NC(C)(C)C.CC(C)(C)N1CC1.CC(C)(C)OS(C)(=O)=O.CCC(O)COc1ccc(/C(=C(/C)c2ccccc2)c2ccc(OCC(O)CF)cc2)cc1. The molecule has 1 amide bonds. The Morgan fingerprint density at radius 1 is 0.810 bits per heavy atom. The lowest BCUT2D eigenvalue weighted by Crippen LogP contribution is -2.39. The minimum atomic E-state index is -3.28. The Morgan fingerprint density at radius 3 is 1.53 bits per heavy atom. The van der Waals surface area contributed by atoms with Crippen LogP contribution in [0.4, 0.5) is 4.39 Å². The van der Waals surface area contributed by atoms with Gasteiger partial charge >= 0.3 is 0 Å². The number of ether oxygens (including phenoxy) is 2. The van der Waals surface area contributed by atoms with Gasteiger partial charge in [0.2, 0.25) is 5.91 Å². The van der Waals surface area contributed by atoms with Crippen LogP contribution in [-0.2, 0) is 19.1 Å². The predicted octanol–water partition coefficient (Wildman–Crippen LogP) is 8.47. The van der Waals surface area contributed by atoms with Crippen molar-refractivity contribution in [2.45, 2.75) is 111 Å². The van der Waals surface area contributed by atoms with Crippen LogP contribution in [0.1, 0.15) is 99.3 Å². The number of nitrogens with zero attached hydrogens (tertiary/aromatic N) is 1. The largest absolute Gasteiger partial charge is 0.491 e. The zero-order valence-corrected chi connectivity index (χ0v) is 37.6. The standard InChI is InChI=1S/C28H31FO4.C7H13NO.C6H13N.C5H12O3S/c1-3-24(30)18-32-26-13-9-22(10-14-26)28(20(2)21-7-5-4-6-8-21)23-11-15-27(16-12-23)33-19-25(31)17-29;1-5-6(9)8-7(2,3)4;1-6(2,3)7-4-5-7;1-5(2,3)8-9(4,6)7/h4-16,24-25,30-31H,3,17-19H2,1-2H3;5H,1H2,2-4H3,(H,8,9);4-5H2,1-3H3;1-4H3/b28-20+;;;. The van der Waals surface area contributed by atoms with E-state index >= 15 is 0 Å². The van der Waals surface area contributed by atoms with Crippen LogP contribution in [0.3, 0.4) is 0 Å². The van der Waals surface area contributed by atoms with Gasteiger partial charge in [-0.1, -0.05) is 68.1 Å². The number of amides is 1. The lowest BCUT2D eigenvalue weighted by molar-refractivity contribution is -0.117. The number of allylic oxidation sites excluding steroid dienone is 1. The summed E-state index contributed by atoms with van der Waals surface area (Å²) < 4.78 is 49.1. The van der Waals surface area contributed by atoms with Gasteiger partial charge in [0.15, 0.2) is 0 Å². The molecule has 12 heteroatoms. The molecule has 0 aliphatic carbocycles. The number of nitrogens with one attached hydrogen (secondary N) is 1. The molecule has 324 valence electrons. The molecule has 1 heterocycles. The van der Waals surface area contributed by atoms with Gasteiger partial charge in [0.25, 0.3) is 10.1 Å². The molecule has 2 atom stereocenters. The average Bonchev–Trinajstić information content (AvgIpc) is 4.00. The summed E-state index contributed by atoms with van der Waals surface area (Å²) in [5.41, 5.74) is 5.03. The Kier molecular flexibility index (Phi) is 21.6. The predicted molar refractivity (Wildman–Crippen MR) is 235 cm³/mol. The molecule has 0 spiro atoms. The van der Waals surface area contributed by atoms with Crippen molar-refractivity contribution in [3.05, 3.63) is 108 Å². The molecule has 0 radical (unpaired) electrons. The van der Waals surface area contributed by atoms with Crippen LogP contribution in [0.2, 0.25) is 0 Å². The second kappa shape index (κ2) is 24.1. The summed E-state index contributed by atoms with van der Waals surface area (Å²) in [5, 5.41) is 21.8. The molecule has 3 aromatic carbocycles. The number of benzene rings is 3. The zero-order valence-electron chi connectivity index (χ0n) is 36.8. The minimum Gasteiger partial charge on any atom is -0.491 e. The Bertz CT molecular complexity index is 1730. The topological polar surface area (TPSA) is 134 Å². The molecule has 4 rings (SSSR count). The van der Waals surface area contributed by atoms with E-state index < -0.39 is 34.6 Å². The number of carbonyl (C=O) groups excluding carboxylic acids is 1. The fourth-order valence-electron chi connectivity index (χ4n) is 5.01. The summed E-state index contributed by atoms with van der Waals surface area (Å²) in [6.45, 7) is 26.9. The van der Waals surface area contributed by atoms with Crippen LogP contribution in [0.5, 0.6) is 11.5 Å². The number of hydrogen-bond acceptors (Lipinski definition) is 9. The number of aliphatic hydroxyl groups excluding tert-OH is 2. The molecular formula is C46H69FN2O8S. The van der Waals surface area contributed by atoms with Gasteiger partial charge in [0.05, 0.1) is 18.0 Å². The summed E-state index contributed by atoms with van der Waals surface area (Å²) >= 11 is 0. The van der Waals surface area contributed by atoms with Crippen molar-refractivity contribution in [1.29, 1.82) is 0 Å². The zero-order chi connectivity index (χ0) is 44.3. The Balaban J connectivity index is 0.000000540. The summed E-state index contributed by atoms with van der Waals surface area (Å²) in [6.07, 6.45) is 1.35. The van der Waals surface area contributed by atoms with Gasteiger partial charge in [-0.2, -0.15) is 8.42 Å². The maximum Gasteiger partial charge on any atom is 0.264 e. The molecule has 3 N–H and O–H groups in total. The van der Waals surface area contributed by atoms with Crippen molar-refractivity contribution in [1.82, 2.24) is 10.2 Å². The third kappa shape index (κ3) is 23.4. The normalized spacial score (nSPS) is 14.3. The molecule has 1 saturated heterocycles. The van der Waals surface area contributed by atoms with Gasteiger partial charge in [-0.05, 0) is 134 Å².